The van der Waals surface area contributed by atoms with E-state index in [9.17, 15) is 28.8 Å². The Morgan fingerprint density at radius 1 is 0.786 bits per heavy atom. The van der Waals surface area contributed by atoms with Gasteiger partial charge in [-0.05, 0) is 116 Å². The van der Waals surface area contributed by atoms with Crippen molar-refractivity contribution in [1.82, 2.24) is 10.6 Å². The fourth-order valence-corrected chi connectivity index (χ4v) is 13.0. The van der Waals surface area contributed by atoms with Crippen LogP contribution in [0.15, 0.2) is 37.9 Å². The molecule has 4 unspecified atom stereocenters. The van der Waals surface area contributed by atoms with Crippen molar-refractivity contribution in [3.05, 3.63) is 37.9 Å². The van der Waals surface area contributed by atoms with Gasteiger partial charge in [-0.15, -0.1) is 0 Å². The fraction of sp³-hybridized carbons (Fsp3) is 0.417. The molecular formula is C24H26I6N4O8. The van der Waals surface area contributed by atoms with E-state index in [4.69, 9.17) is 11.5 Å². The summed E-state index contributed by atoms with van der Waals surface area (Å²) in [4.78, 5) is 70.3. The molecule has 0 spiro atoms. The van der Waals surface area contributed by atoms with Gasteiger partial charge in [-0.2, -0.15) is 0 Å². The number of Topliss-reactive ketones (excluding diaryl/α,β-unsaturated/α-hetero) is 2. The van der Waals surface area contributed by atoms with E-state index in [1.54, 1.807) is 6.08 Å². The molecule has 0 saturated carbocycles. The van der Waals surface area contributed by atoms with Crippen LogP contribution in [0.1, 0.15) is 27.7 Å². The largest absolute Gasteiger partial charge is 0.456 e. The number of ketones is 2. The van der Waals surface area contributed by atoms with Crippen molar-refractivity contribution in [3.8, 4) is 0 Å². The van der Waals surface area contributed by atoms with E-state index < -0.39 is 52.0 Å². The first-order chi connectivity index (χ1) is 19.2. The van der Waals surface area contributed by atoms with Crippen molar-refractivity contribution >= 4 is 171 Å². The van der Waals surface area contributed by atoms with Crippen LogP contribution in [-0.2, 0) is 38.2 Å². The van der Waals surface area contributed by atoms with Gasteiger partial charge in [0.15, 0.2) is 24.8 Å². The number of halogens is 6. The van der Waals surface area contributed by atoms with Gasteiger partial charge in [-0.1, -0.05) is 45.2 Å². The number of alkyl halides is 2. The second kappa shape index (κ2) is 17.3. The average Bonchev–Trinajstić information content (AvgIpc) is 2.88. The van der Waals surface area contributed by atoms with Crippen LogP contribution in [0.3, 0.4) is 0 Å². The van der Waals surface area contributed by atoms with Crippen molar-refractivity contribution in [2.75, 3.05) is 13.2 Å². The van der Waals surface area contributed by atoms with Crippen molar-refractivity contribution in [2.24, 2.45) is 11.5 Å². The molecule has 2 aliphatic carbocycles. The quantitative estimate of drug-likeness (QED) is 0.159. The summed E-state index contributed by atoms with van der Waals surface area (Å²) >= 11 is 12.3. The van der Waals surface area contributed by atoms with Crippen LogP contribution in [0.25, 0.3) is 0 Å². The van der Waals surface area contributed by atoms with Crippen LogP contribution in [0.4, 0.5) is 0 Å². The van der Waals surface area contributed by atoms with Crippen LogP contribution in [-0.4, -0.2) is 67.5 Å². The summed E-state index contributed by atoms with van der Waals surface area (Å²) in [6.07, 6.45) is 3.53. The molecule has 0 aromatic heterocycles. The highest BCUT2D eigenvalue weighted by molar-refractivity contribution is 14.1. The number of ether oxygens (including phenoxy) is 2. The lowest BCUT2D eigenvalue weighted by Gasteiger charge is -2.40. The van der Waals surface area contributed by atoms with Crippen molar-refractivity contribution < 1.29 is 38.2 Å². The predicted octanol–water partition coefficient (Wildman–Crippen LogP) is 3.47. The van der Waals surface area contributed by atoms with E-state index in [0.717, 1.165) is 7.16 Å². The number of esters is 2. The second-order valence-corrected chi connectivity index (χ2v) is 15.9. The van der Waals surface area contributed by atoms with Crippen LogP contribution >= 0.6 is 136 Å². The number of rotatable bonds is 8. The van der Waals surface area contributed by atoms with E-state index in [2.05, 4.69) is 87.9 Å². The molecule has 0 saturated heterocycles. The number of carbonyl (C=O) groups is 6. The van der Waals surface area contributed by atoms with Gasteiger partial charge >= 0.3 is 11.9 Å². The molecule has 0 radical (unpaired) electrons. The Labute approximate surface area is 324 Å². The predicted molar refractivity (Wildman–Crippen MR) is 207 cm³/mol. The molecule has 0 aliphatic heterocycles. The zero-order chi connectivity index (χ0) is 32.7. The number of nitrogens with two attached hydrogens (primary N) is 2. The van der Waals surface area contributed by atoms with Crippen molar-refractivity contribution in [3.63, 3.8) is 0 Å². The Balaban J connectivity index is 0.000000525. The minimum absolute atomic E-state index is 0.0515. The third-order valence-corrected chi connectivity index (χ3v) is 13.1. The molecular weight excluding hydrogens is 1230 g/mol. The first-order valence-corrected chi connectivity index (χ1v) is 18.3. The summed E-state index contributed by atoms with van der Waals surface area (Å²) in [6.45, 7) is 4.17. The molecule has 2 amide bonds. The lowest BCUT2D eigenvalue weighted by atomic mass is 9.85. The number of hydrogen-bond donors (Lipinski definition) is 4. The van der Waals surface area contributed by atoms with Gasteiger partial charge in [0.25, 0.3) is 11.8 Å². The molecule has 42 heavy (non-hydrogen) atoms. The van der Waals surface area contributed by atoms with E-state index in [1.165, 1.54) is 27.7 Å². The standard InChI is InChI=1S/C16H17I3N2O7.C8H9I3N2O/c1-7(22)16(21-13(26)6-28-9(3)24)11(18)4-10(17)14(15(16)19)20-12(25)5-27-8(2)23;1-3(14)8(13)5(10)2-4(9)6(12)7(8)11/h4,15H,5-6H2,1-3H3,(H,20,25)(H,21,26);2,7H,12-13H2,1H3. The van der Waals surface area contributed by atoms with Gasteiger partial charge in [0.2, 0.25) is 0 Å². The summed E-state index contributed by atoms with van der Waals surface area (Å²) < 4.78 is 11.5. The number of hydrogen-bond acceptors (Lipinski definition) is 10. The highest BCUT2D eigenvalue weighted by Gasteiger charge is 2.50. The zero-order valence-electron chi connectivity index (χ0n) is 22.4. The monoisotopic (exact) mass is 1260 g/mol. The molecule has 0 fully saturated rings. The third-order valence-electron chi connectivity index (χ3n) is 5.68. The summed E-state index contributed by atoms with van der Waals surface area (Å²) in [5.41, 5.74) is 10.7. The van der Waals surface area contributed by atoms with Gasteiger partial charge in [-0.25, -0.2) is 0 Å². The van der Waals surface area contributed by atoms with Gasteiger partial charge in [0.1, 0.15) is 11.1 Å². The molecule has 0 aromatic rings. The fourth-order valence-electron chi connectivity index (χ4n) is 3.37. The minimum atomic E-state index is -1.45. The lowest BCUT2D eigenvalue weighted by molar-refractivity contribution is -0.147. The SMILES string of the molecule is CC(=O)C1(N)C(I)=CC(I)=C(N)C1I.CC(=O)OCC(=O)NC1=C(I)C=C(I)C(NC(=O)COC(C)=O)(C(C)=O)C1I. The van der Waals surface area contributed by atoms with Gasteiger partial charge < -0.3 is 31.6 Å². The average molecular weight is 1260 g/mol. The van der Waals surface area contributed by atoms with Crippen LogP contribution in [0.5, 0.6) is 0 Å². The third kappa shape index (κ3) is 9.91. The highest BCUT2D eigenvalue weighted by atomic mass is 127. The number of amides is 2. The summed E-state index contributed by atoms with van der Waals surface area (Å²) in [6, 6.07) is 0. The highest BCUT2D eigenvalue weighted by Crippen LogP contribution is 2.43. The van der Waals surface area contributed by atoms with Gasteiger partial charge in [-0.3, -0.25) is 28.8 Å². The van der Waals surface area contributed by atoms with Crippen LogP contribution < -0.4 is 22.1 Å². The molecule has 4 atom stereocenters. The first kappa shape index (κ1) is 40.3. The molecule has 12 nitrogen and oxygen atoms in total. The minimum Gasteiger partial charge on any atom is -0.456 e. The number of carbonyl (C=O) groups excluding carboxylic acids is 6. The normalized spacial score (nSPS) is 25.2. The van der Waals surface area contributed by atoms with Crippen LogP contribution in [0, 0.1) is 0 Å². The smallest absolute Gasteiger partial charge is 0.303 e. The Hall–Kier alpha value is 0.320. The summed E-state index contributed by atoms with van der Waals surface area (Å²) in [5, 5.41) is 5.28. The van der Waals surface area contributed by atoms with Crippen LogP contribution in [0.2, 0.25) is 0 Å². The first-order valence-electron chi connectivity index (χ1n) is 11.5. The topological polar surface area (TPSA) is 197 Å². The molecule has 2 aliphatic rings. The molecule has 0 bridgehead atoms. The molecule has 18 heteroatoms. The van der Waals surface area contributed by atoms with Crippen molar-refractivity contribution in [1.29, 1.82) is 0 Å². The molecule has 232 valence electrons. The van der Waals surface area contributed by atoms with Crippen molar-refractivity contribution in [2.45, 2.75) is 46.6 Å². The van der Waals surface area contributed by atoms with E-state index in [0.29, 0.717) is 18.6 Å². The maximum atomic E-state index is 12.6. The lowest BCUT2D eigenvalue weighted by Crippen LogP contribution is -2.63. The summed E-state index contributed by atoms with van der Waals surface area (Å²) in [7, 11) is 0. The van der Waals surface area contributed by atoms with Gasteiger partial charge in [0.05, 0.1) is 7.85 Å². The summed E-state index contributed by atoms with van der Waals surface area (Å²) in [5.74, 6) is -2.87. The number of nitrogens with one attached hydrogen (secondary N) is 2. The zero-order valence-corrected chi connectivity index (χ0v) is 35.4. The van der Waals surface area contributed by atoms with Gasteiger partial charge in [0, 0.05) is 39.6 Å². The second-order valence-electron chi connectivity index (χ2n) is 8.72. The number of allylic oxidation sites excluding steroid dienone is 4. The molecule has 2 rings (SSSR count). The Morgan fingerprint density at radius 3 is 1.71 bits per heavy atom. The maximum absolute atomic E-state index is 12.6. The molecule has 0 aromatic carbocycles. The Kier molecular flexibility index (Phi) is 16.6. The molecule has 0 heterocycles. The maximum Gasteiger partial charge on any atom is 0.303 e. The van der Waals surface area contributed by atoms with E-state index in [-0.39, 0.29) is 15.5 Å². The van der Waals surface area contributed by atoms with E-state index in [1.807, 2.05) is 73.8 Å². The van der Waals surface area contributed by atoms with E-state index >= 15 is 0 Å². The molecule has 6 N–H and O–H groups in total. The Bertz CT molecular complexity index is 1310. The Morgan fingerprint density at radius 2 is 1.26 bits per heavy atom.